The number of benzene rings is 1. The van der Waals surface area contributed by atoms with E-state index in [1.165, 1.54) is 13.2 Å². The zero-order chi connectivity index (χ0) is 12.1. The Labute approximate surface area is 92.0 Å². The van der Waals surface area contributed by atoms with Crippen LogP contribution in [0.3, 0.4) is 0 Å². The van der Waals surface area contributed by atoms with Crippen LogP contribution in [0.2, 0.25) is 0 Å². The number of amides is 2. The monoisotopic (exact) mass is 224 g/mol. The number of carbonyl (C=O) groups excluding carboxylic acids is 1. The quantitative estimate of drug-likeness (QED) is 0.704. The Morgan fingerprint density at radius 2 is 2.19 bits per heavy atom. The van der Waals surface area contributed by atoms with Crippen molar-refractivity contribution in [3.8, 4) is 5.75 Å². The number of urea groups is 1. The summed E-state index contributed by atoms with van der Waals surface area (Å²) in [6.07, 6.45) is -0.128. The third-order valence-corrected chi connectivity index (χ3v) is 1.88. The van der Waals surface area contributed by atoms with Gasteiger partial charge in [0.15, 0.2) is 0 Å². The van der Waals surface area contributed by atoms with Crippen LogP contribution in [0.1, 0.15) is 5.56 Å². The first-order valence-corrected chi connectivity index (χ1v) is 4.48. The van der Waals surface area contributed by atoms with E-state index in [2.05, 4.69) is 5.32 Å². The molecule has 0 fully saturated rings. The second-order valence-electron chi connectivity index (χ2n) is 3.09. The zero-order valence-electron chi connectivity index (χ0n) is 8.69. The van der Waals surface area contributed by atoms with Gasteiger partial charge in [-0.25, -0.2) is 4.79 Å². The van der Waals surface area contributed by atoms with Crippen molar-refractivity contribution in [1.29, 1.82) is 0 Å². The van der Waals surface area contributed by atoms with Crippen molar-refractivity contribution in [3.05, 3.63) is 23.8 Å². The van der Waals surface area contributed by atoms with Crippen molar-refractivity contribution in [1.82, 2.24) is 0 Å². The lowest BCUT2D eigenvalue weighted by atomic mass is 10.1. The van der Waals surface area contributed by atoms with Crippen LogP contribution < -0.4 is 15.8 Å². The van der Waals surface area contributed by atoms with E-state index >= 15 is 0 Å². The summed E-state index contributed by atoms with van der Waals surface area (Å²) in [4.78, 5) is 21.2. The smallest absolute Gasteiger partial charge is 0.316 e. The van der Waals surface area contributed by atoms with Gasteiger partial charge in [-0.3, -0.25) is 4.79 Å². The molecule has 0 unspecified atom stereocenters. The number of ether oxygens (including phenoxy) is 1. The third kappa shape index (κ3) is 3.16. The molecule has 1 aromatic rings. The van der Waals surface area contributed by atoms with E-state index in [0.29, 0.717) is 17.0 Å². The van der Waals surface area contributed by atoms with E-state index < -0.39 is 12.0 Å². The highest BCUT2D eigenvalue weighted by Gasteiger charge is 2.08. The molecule has 16 heavy (non-hydrogen) atoms. The number of carboxylic acid groups (broad SMARTS) is 1. The lowest BCUT2D eigenvalue weighted by Gasteiger charge is -2.09. The van der Waals surface area contributed by atoms with Gasteiger partial charge in [0.2, 0.25) is 0 Å². The summed E-state index contributed by atoms with van der Waals surface area (Å²) < 4.78 is 4.99. The maximum atomic E-state index is 10.7. The Hall–Kier alpha value is -2.24. The maximum absolute atomic E-state index is 10.7. The SMILES string of the molecule is COc1ccc(CC(=O)O)cc1NC(N)=O. The van der Waals surface area contributed by atoms with E-state index in [4.69, 9.17) is 15.6 Å². The molecular weight excluding hydrogens is 212 g/mol. The summed E-state index contributed by atoms with van der Waals surface area (Å²) in [5.74, 6) is -0.525. The highest BCUT2D eigenvalue weighted by atomic mass is 16.5. The highest BCUT2D eigenvalue weighted by Crippen LogP contribution is 2.25. The molecule has 0 saturated heterocycles. The molecule has 6 heteroatoms. The van der Waals surface area contributed by atoms with Gasteiger partial charge in [0.25, 0.3) is 0 Å². The molecule has 0 radical (unpaired) electrons. The molecule has 0 spiro atoms. The van der Waals surface area contributed by atoms with Gasteiger partial charge in [0.05, 0.1) is 19.2 Å². The van der Waals surface area contributed by atoms with Crippen LogP contribution in [-0.4, -0.2) is 24.2 Å². The number of hydrogen-bond acceptors (Lipinski definition) is 3. The van der Waals surface area contributed by atoms with Crippen molar-refractivity contribution in [3.63, 3.8) is 0 Å². The molecule has 0 aliphatic carbocycles. The van der Waals surface area contributed by atoms with Gasteiger partial charge in [0, 0.05) is 0 Å². The number of nitrogens with two attached hydrogens (primary N) is 1. The Morgan fingerprint density at radius 1 is 1.50 bits per heavy atom. The van der Waals surface area contributed by atoms with Gasteiger partial charge in [-0.2, -0.15) is 0 Å². The first kappa shape index (κ1) is 11.8. The van der Waals surface area contributed by atoms with Crippen LogP contribution in [0.5, 0.6) is 5.75 Å². The van der Waals surface area contributed by atoms with Crippen LogP contribution >= 0.6 is 0 Å². The Bertz CT molecular complexity index is 417. The van der Waals surface area contributed by atoms with Crippen molar-refractivity contribution in [2.24, 2.45) is 5.73 Å². The van der Waals surface area contributed by atoms with Crippen LogP contribution in [0, 0.1) is 0 Å². The van der Waals surface area contributed by atoms with Crippen LogP contribution in [-0.2, 0) is 11.2 Å². The average Bonchev–Trinajstić information content (AvgIpc) is 2.16. The minimum atomic E-state index is -0.949. The maximum Gasteiger partial charge on any atom is 0.316 e. The normalized spacial score (nSPS) is 9.56. The lowest BCUT2D eigenvalue weighted by Crippen LogP contribution is -2.19. The topological polar surface area (TPSA) is 102 Å². The molecule has 1 rings (SSSR count). The fraction of sp³-hybridized carbons (Fsp3) is 0.200. The number of nitrogens with one attached hydrogen (secondary N) is 1. The van der Waals surface area contributed by atoms with Crippen molar-refractivity contribution >= 4 is 17.7 Å². The van der Waals surface area contributed by atoms with Gasteiger partial charge in [-0.05, 0) is 17.7 Å². The molecule has 1 aromatic carbocycles. The second-order valence-corrected chi connectivity index (χ2v) is 3.09. The number of aliphatic carboxylic acids is 1. The molecule has 0 bridgehead atoms. The number of anilines is 1. The first-order chi connectivity index (χ1) is 7.52. The van der Waals surface area contributed by atoms with Gasteiger partial charge < -0.3 is 20.9 Å². The molecule has 0 aliphatic rings. The van der Waals surface area contributed by atoms with Crippen molar-refractivity contribution < 1.29 is 19.4 Å². The summed E-state index contributed by atoms with van der Waals surface area (Å²) >= 11 is 0. The largest absolute Gasteiger partial charge is 0.495 e. The molecule has 86 valence electrons. The number of rotatable bonds is 4. The first-order valence-electron chi connectivity index (χ1n) is 4.48. The van der Waals surface area contributed by atoms with E-state index in [9.17, 15) is 9.59 Å². The average molecular weight is 224 g/mol. The molecule has 0 atom stereocenters. The molecule has 0 saturated carbocycles. The van der Waals surface area contributed by atoms with Gasteiger partial charge in [-0.15, -0.1) is 0 Å². The van der Waals surface area contributed by atoms with Crippen molar-refractivity contribution in [2.75, 3.05) is 12.4 Å². The standard InChI is InChI=1S/C10H12N2O4/c1-16-8-3-2-6(5-9(13)14)4-7(8)12-10(11)15/h2-4H,5H2,1H3,(H,13,14)(H3,11,12,15). The molecule has 0 aromatic heterocycles. The lowest BCUT2D eigenvalue weighted by molar-refractivity contribution is -0.136. The van der Waals surface area contributed by atoms with Crippen molar-refractivity contribution in [2.45, 2.75) is 6.42 Å². The molecule has 0 heterocycles. The molecular formula is C10H12N2O4. The summed E-state index contributed by atoms with van der Waals surface area (Å²) in [5.41, 5.74) is 5.89. The van der Waals surface area contributed by atoms with Crippen LogP contribution in [0.25, 0.3) is 0 Å². The van der Waals surface area contributed by atoms with Gasteiger partial charge in [0.1, 0.15) is 5.75 Å². The predicted octanol–water partition coefficient (Wildman–Crippen LogP) is 0.813. The van der Waals surface area contributed by atoms with Gasteiger partial charge in [-0.1, -0.05) is 6.07 Å². The summed E-state index contributed by atoms with van der Waals surface area (Å²) in [5, 5.41) is 11.0. The Morgan fingerprint density at radius 3 is 2.69 bits per heavy atom. The minimum Gasteiger partial charge on any atom is -0.495 e. The molecule has 2 amide bonds. The minimum absolute atomic E-state index is 0.128. The van der Waals surface area contributed by atoms with E-state index in [1.807, 2.05) is 0 Å². The summed E-state index contributed by atoms with van der Waals surface area (Å²) in [6.45, 7) is 0. The Balaban J connectivity index is 3.00. The molecule has 0 aliphatic heterocycles. The van der Waals surface area contributed by atoms with E-state index in [0.717, 1.165) is 0 Å². The molecule has 4 N–H and O–H groups in total. The van der Waals surface area contributed by atoms with Crippen LogP contribution in [0.4, 0.5) is 10.5 Å². The third-order valence-electron chi connectivity index (χ3n) is 1.88. The van der Waals surface area contributed by atoms with Gasteiger partial charge >= 0.3 is 12.0 Å². The number of methoxy groups -OCH3 is 1. The summed E-state index contributed by atoms with van der Waals surface area (Å²) in [7, 11) is 1.44. The molecule has 6 nitrogen and oxygen atoms in total. The number of carboxylic acids is 1. The predicted molar refractivity (Wildman–Crippen MR) is 57.5 cm³/mol. The number of carbonyl (C=O) groups is 2. The fourth-order valence-electron chi connectivity index (χ4n) is 1.27. The second kappa shape index (κ2) is 5.01. The Kier molecular flexibility index (Phi) is 3.71. The number of hydrogen-bond donors (Lipinski definition) is 3. The van der Waals surface area contributed by atoms with Crippen LogP contribution in [0.15, 0.2) is 18.2 Å². The summed E-state index contributed by atoms with van der Waals surface area (Å²) in [6, 6.07) is 3.96. The fourth-order valence-corrected chi connectivity index (χ4v) is 1.27. The highest BCUT2D eigenvalue weighted by molar-refractivity contribution is 5.90. The zero-order valence-corrected chi connectivity index (χ0v) is 8.69. The number of primary amides is 1. The van der Waals surface area contributed by atoms with E-state index in [1.54, 1.807) is 12.1 Å². The van der Waals surface area contributed by atoms with E-state index in [-0.39, 0.29) is 6.42 Å².